The molecule has 0 aromatic heterocycles. The maximum absolute atomic E-state index is 3.31. The van der Waals surface area contributed by atoms with E-state index in [1.165, 1.54) is 25.0 Å². The van der Waals surface area contributed by atoms with Crippen LogP contribution >= 0.6 is 11.8 Å². The first-order chi connectivity index (χ1) is 7.21. The van der Waals surface area contributed by atoms with Crippen molar-refractivity contribution in [2.75, 3.05) is 32.6 Å². The van der Waals surface area contributed by atoms with Crippen LogP contribution in [0.1, 0.15) is 33.1 Å². The van der Waals surface area contributed by atoms with E-state index in [0.29, 0.717) is 6.04 Å². The molecule has 0 amide bonds. The van der Waals surface area contributed by atoms with Gasteiger partial charge in [-0.05, 0) is 33.2 Å². The molecule has 0 saturated carbocycles. The number of rotatable bonds is 9. The van der Waals surface area contributed by atoms with Gasteiger partial charge in [-0.25, -0.2) is 0 Å². The Balaban J connectivity index is 4.22. The second kappa shape index (κ2) is 9.49. The summed E-state index contributed by atoms with van der Waals surface area (Å²) in [4.78, 5) is 2.57. The molecule has 2 unspecified atom stereocenters. The SMILES string of the molecule is CCCC(CNC)N(C)C(CC)CSC. The van der Waals surface area contributed by atoms with E-state index in [0.717, 1.165) is 12.6 Å². The second-order valence-corrected chi connectivity index (χ2v) is 5.09. The van der Waals surface area contributed by atoms with E-state index < -0.39 is 0 Å². The molecule has 0 aromatic rings. The highest BCUT2D eigenvalue weighted by atomic mass is 32.2. The van der Waals surface area contributed by atoms with Crippen LogP contribution in [0.15, 0.2) is 0 Å². The first-order valence-electron chi connectivity index (χ1n) is 6.06. The number of hydrogen-bond donors (Lipinski definition) is 1. The molecule has 0 radical (unpaired) electrons. The smallest absolute Gasteiger partial charge is 0.0220 e. The van der Waals surface area contributed by atoms with Gasteiger partial charge in [0.2, 0.25) is 0 Å². The van der Waals surface area contributed by atoms with Gasteiger partial charge in [0.05, 0.1) is 0 Å². The average Bonchev–Trinajstić information content (AvgIpc) is 2.24. The highest BCUT2D eigenvalue weighted by Gasteiger charge is 2.19. The van der Waals surface area contributed by atoms with Crippen molar-refractivity contribution in [3.63, 3.8) is 0 Å². The molecule has 3 heteroatoms. The van der Waals surface area contributed by atoms with Gasteiger partial charge in [0.15, 0.2) is 0 Å². The number of hydrogen-bond acceptors (Lipinski definition) is 3. The predicted molar refractivity (Wildman–Crippen MR) is 72.8 cm³/mol. The Morgan fingerprint density at radius 2 is 1.93 bits per heavy atom. The topological polar surface area (TPSA) is 15.3 Å². The summed E-state index contributed by atoms with van der Waals surface area (Å²) in [6.45, 7) is 5.67. The molecule has 92 valence electrons. The third-order valence-corrected chi connectivity index (χ3v) is 3.76. The molecular formula is C12H28N2S. The van der Waals surface area contributed by atoms with Crippen LogP contribution in [0.3, 0.4) is 0 Å². The fourth-order valence-corrected chi connectivity index (χ4v) is 2.89. The van der Waals surface area contributed by atoms with Gasteiger partial charge < -0.3 is 5.32 Å². The van der Waals surface area contributed by atoms with Crippen LogP contribution in [-0.4, -0.2) is 49.6 Å². The van der Waals surface area contributed by atoms with Gasteiger partial charge >= 0.3 is 0 Å². The first kappa shape index (κ1) is 15.3. The molecule has 0 saturated heterocycles. The largest absolute Gasteiger partial charge is 0.318 e. The Bertz CT molecular complexity index is 136. The summed E-state index contributed by atoms with van der Waals surface area (Å²) >= 11 is 1.95. The van der Waals surface area contributed by atoms with E-state index in [1.54, 1.807) is 0 Å². The average molecular weight is 232 g/mol. The Hall–Kier alpha value is 0.270. The molecule has 0 aromatic carbocycles. The third kappa shape index (κ3) is 5.79. The zero-order valence-corrected chi connectivity index (χ0v) is 11.9. The van der Waals surface area contributed by atoms with Crippen LogP contribution in [0.5, 0.6) is 0 Å². The van der Waals surface area contributed by atoms with Crippen LogP contribution in [0, 0.1) is 0 Å². The van der Waals surface area contributed by atoms with E-state index in [1.807, 2.05) is 18.8 Å². The zero-order chi connectivity index (χ0) is 11.7. The molecule has 0 bridgehead atoms. The molecule has 0 heterocycles. The number of nitrogens with zero attached hydrogens (tertiary/aromatic N) is 1. The minimum atomic E-state index is 0.692. The Morgan fingerprint density at radius 1 is 1.27 bits per heavy atom. The van der Waals surface area contributed by atoms with Gasteiger partial charge in [-0.15, -0.1) is 0 Å². The number of thioether (sulfide) groups is 1. The lowest BCUT2D eigenvalue weighted by atomic mass is 10.1. The Kier molecular flexibility index (Phi) is 9.66. The van der Waals surface area contributed by atoms with Gasteiger partial charge in [0, 0.05) is 24.4 Å². The molecule has 0 aliphatic carbocycles. The molecule has 0 aliphatic heterocycles. The zero-order valence-electron chi connectivity index (χ0n) is 11.0. The summed E-state index contributed by atoms with van der Waals surface area (Å²) < 4.78 is 0. The molecule has 2 atom stereocenters. The van der Waals surface area contributed by atoms with Crippen LogP contribution < -0.4 is 5.32 Å². The lowest BCUT2D eigenvalue weighted by Crippen LogP contribution is -2.45. The Labute approximate surface area is 100 Å². The van der Waals surface area contributed by atoms with Crippen molar-refractivity contribution in [1.82, 2.24) is 10.2 Å². The van der Waals surface area contributed by atoms with Crippen molar-refractivity contribution in [2.45, 2.75) is 45.2 Å². The van der Waals surface area contributed by atoms with Crippen molar-refractivity contribution in [2.24, 2.45) is 0 Å². The van der Waals surface area contributed by atoms with Crippen LogP contribution in [-0.2, 0) is 0 Å². The summed E-state index contributed by atoms with van der Waals surface area (Å²) in [5.74, 6) is 1.25. The monoisotopic (exact) mass is 232 g/mol. The molecule has 2 nitrogen and oxygen atoms in total. The summed E-state index contributed by atoms with van der Waals surface area (Å²) in [6, 6.07) is 1.42. The minimum Gasteiger partial charge on any atom is -0.318 e. The standard InChI is InChI=1S/C12H28N2S/c1-6-8-12(9-13-3)14(4)11(7-2)10-15-5/h11-13H,6-10H2,1-5H3. The summed E-state index contributed by atoms with van der Waals surface area (Å²) in [7, 11) is 4.33. The Morgan fingerprint density at radius 3 is 2.33 bits per heavy atom. The van der Waals surface area contributed by atoms with Crippen molar-refractivity contribution in [3.05, 3.63) is 0 Å². The van der Waals surface area contributed by atoms with Gasteiger partial charge in [-0.2, -0.15) is 11.8 Å². The number of nitrogens with one attached hydrogen (secondary N) is 1. The van der Waals surface area contributed by atoms with Crippen LogP contribution in [0.4, 0.5) is 0 Å². The van der Waals surface area contributed by atoms with Crippen LogP contribution in [0.2, 0.25) is 0 Å². The quantitative estimate of drug-likeness (QED) is 0.657. The van der Waals surface area contributed by atoms with Crippen molar-refractivity contribution < 1.29 is 0 Å². The fourth-order valence-electron chi connectivity index (χ4n) is 2.03. The molecule has 0 aliphatic rings. The van der Waals surface area contributed by atoms with Gasteiger partial charge in [-0.3, -0.25) is 4.90 Å². The summed E-state index contributed by atoms with van der Waals surface area (Å²) in [5, 5.41) is 3.31. The van der Waals surface area contributed by atoms with Crippen molar-refractivity contribution in [1.29, 1.82) is 0 Å². The molecule has 1 N–H and O–H groups in total. The van der Waals surface area contributed by atoms with E-state index in [9.17, 15) is 0 Å². The van der Waals surface area contributed by atoms with E-state index in [-0.39, 0.29) is 0 Å². The van der Waals surface area contributed by atoms with E-state index in [2.05, 4.69) is 37.4 Å². The maximum Gasteiger partial charge on any atom is 0.0220 e. The van der Waals surface area contributed by atoms with E-state index >= 15 is 0 Å². The summed E-state index contributed by atoms with van der Waals surface area (Å²) in [5.41, 5.74) is 0. The maximum atomic E-state index is 3.31. The number of likely N-dealkylation sites (N-methyl/N-ethyl adjacent to an activating group) is 2. The molecular weight excluding hydrogens is 204 g/mol. The second-order valence-electron chi connectivity index (χ2n) is 4.18. The molecule has 0 spiro atoms. The van der Waals surface area contributed by atoms with Gasteiger partial charge in [0.25, 0.3) is 0 Å². The van der Waals surface area contributed by atoms with Crippen molar-refractivity contribution >= 4 is 11.8 Å². The highest BCUT2D eigenvalue weighted by Crippen LogP contribution is 2.14. The third-order valence-electron chi connectivity index (χ3n) is 3.04. The normalized spacial score (nSPS) is 15.6. The first-order valence-corrected chi connectivity index (χ1v) is 7.46. The van der Waals surface area contributed by atoms with Gasteiger partial charge in [0.1, 0.15) is 0 Å². The van der Waals surface area contributed by atoms with Crippen molar-refractivity contribution in [3.8, 4) is 0 Å². The van der Waals surface area contributed by atoms with Gasteiger partial charge in [-0.1, -0.05) is 20.3 Å². The molecule has 15 heavy (non-hydrogen) atoms. The fraction of sp³-hybridized carbons (Fsp3) is 1.00. The van der Waals surface area contributed by atoms with Crippen LogP contribution in [0.25, 0.3) is 0 Å². The minimum absolute atomic E-state index is 0.692. The predicted octanol–water partition coefficient (Wildman–Crippen LogP) is 2.45. The lowest BCUT2D eigenvalue weighted by Gasteiger charge is -2.34. The highest BCUT2D eigenvalue weighted by molar-refractivity contribution is 7.98. The lowest BCUT2D eigenvalue weighted by molar-refractivity contribution is 0.171. The molecule has 0 fully saturated rings. The van der Waals surface area contributed by atoms with E-state index in [4.69, 9.17) is 0 Å². The molecule has 0 rings (SSSR count). The summed E-state index contributed by atoms with van der Waals surface area (Å²) in [6.07, 6.45) is 6.01.